The molecule has 2 N–H and O–H groups in total. The van der Waals surface area contributed by atoms with Crippen molar-refractivity contribution in [1.82, 2.24) is 0 Å². The summed E-state index contributed by atoms with van der Waals surface area (Å²) in [6, 6.07) is 14.4. The van der Waals surface area contributed by atoms with Crippen LogP contribution in [0.2, 0.25) is 5.02 Å². The van der Waals surface area contributed by atoms with Gasteiger partial charge in [0, 0.05) is 26.0 Å². The Morgan fingerprint density at radius 3 is 1.76 bits per heavy atom. The lowest BCUT2D eigenvalue weighted by atomic mass is 10.3. The molecule has 0 aromatic heterocycles. The molecule has 2 aromatic rings. The minimum atomic E-state index is -0.0766. The van der Waals surface area contributed by atoms with E-state index in [1.165, 1.54) is 23.5 Å². The van der Waals surface area contributed by atoms with Crippen molar-refractivity contribution >= 4 is 74.2 Å². The molecule has 2 amide bonds. The third-order valence-corrected chi connectivity index (χ3v) is 5.94. The van der Waals surface area contributed by atoms with Crippen LogP contribution in [-0.2, 0) is 9.59 Å². The first-order valence-electron chi connectivity index (χ1n) is 7.29. The molecule has 132 valence electrons. The zero-order chi connectivity index (χ0) is 18.1. The molecular weight excluding hydrogens is 444 g/mol. The normalized spacial score (nSPS) is 10.3. The Morgan fingerprint density at radius 1 is 0.840 bits per heavy atom. The number of nitrogens with one attached hydrogen (secondary N) is 2. The van der Waals surface area contributed by atoms with Crippen LogP contribution >= 0.6 is 51.1 Å². The van der Waals surface area contributed by atoms with Crippen molar-refractivity contribution in [3.8, 4) is 0 Å². The molecule has 2 aromatic carbocycles. The van der Waals surface area contributed by atoms with Gasteiger partial charge in [0.05, 0.1) is 11.5 Å². The minimum Gasteiger partial charge on any atom is -0.325 e. The lowest BCUT2D eigenvalue weighted by molar-refractivity contribution is -0.114. The van der Waals surface area contributed by atoms with Gasteiger partial charge in [-0.15, -0.1) is 23.5 Å². The maximum Gasteiger partial charge on any atom is 0.234 e. The molecule has 0 aliphatic carbocycles. The van der Waals surface area contributed by atoms with Gasteiger partial charge in [0.15, 0.2) is 0 Å². The molecule has 0 saturated heterocycles. The van der Waals surface area contributed by atoms with Gasteiger partial charge in [0.2, 0.25) is 11.8 Å². The average molecular weight is 460 g/mol. The van der Waals surface area contributed by atoms with Crippen LogP contribution in [0.15, 0.2) is 53.0 Å². The maximum absolute atomic E-state index is 11.8. The molecule has 0 atom stereocenters. The van der Waals surface area contributed by atoms with Crippen LogP contribution in [0.5, 0.6) is 0 Å². The largest absolute Gasteiger partial charge is 0.325 e. The molecule has 0 saturated carbocycles. The molecule has 0 aliphatic heterocycles. The monoisotopic (exact) mass is 458 g/mol. The summed E-state index contributed by atoms with van der Waals surface area (Å²) >= 11 is 12.1. The Hall–Kier alpha value is -1.15. The van der Waals surface area contributed by atoms with E-state index in [2.05, 4.69) is 26.6 Å². The van der Waals surface area contributed by atoms with Crippen LogP contribution in [-0.4, -0.2) is 28.4 Å². The predicted octanol–water partition coefficient (Wildman–Crippen LogP) is 5.10. The van der Waals surface area contributed by atoms with Crippen molar-refractivity contribution in [3.05, 3.63) is 58.0 Å². The molecule has 0 radical (unpaired) electrons. The summed E-state index contributed by atoms with van der Waals surface area (Å²) in [6.07, 6.45) is 0. The zero-order valence-electron chi connectivity index (χ0n) is 13.1. The van der Waals surface area contributed by atoms with Crippen LogP contribution in [0, 0.1) is 0 Å². The highest BCUT2D eigenvalue weighted by atomic mass is 79.9. The van der Waals surface area contributed by atoms with Gasteiger partial charge in [-0.25, -0.2) is 0 Å². The fourth-order valence-electron chi connectivity index (χ4n) is 1.79. The number of rotatable bonds is 8. The molecule has 4 nitrogen and oxygen atoms in total. The van der Waals surface area contributed by atoms with Crippen molar-refractivity contribution in [2.24, 2.45) is 0 Å². The van der Waals surface area contributed by atoms with E-state index in [1.807, 2.05) is 24.3 Å². The zero-order valence-corrected chi connectivity index (χ0v) is 17.1. The number of anilines is 2. The summed E-state index contributed by atoms with van der Waals surface area (Å²) in [6.45, 7) is 0. The SMILES string of the molecule is O=C(CSCSCC(=O)Nc1ccc(Br)cc1)Nc1ccc(Cl)cc1. The molecule has 0 heterocycles. The Balaban J connectivity index is 1.57. The minimum absolute atomic E-state index is 0.0569. The topological polar surface area (TPSA) is 58.2 Å². The van der Waals surface area contributed by atoms with Gasteiger partial charge in [-0.2, -0.15) is 0 Å². The van der Waals surface area contributed by atoms with Crippen molar-refractivity contribution in [1.29, 1.82) is 0 Å². The fourth-order valence-corrected chi connectivity index (χ4v) is 3.83. The third-order valence-electron chi connectivity index (χ3n) is 2.89. The van der Waals surface area contributed by atoms with E-state index >= 15 is 0 Å². The average Bonchev–Trinajstić information content (AvgIpc) is 2.59. The van der Waals surface area contributed by atoms with Crippen LogP contribution in [0.1, 0.15) is 0 Å². The highest BCUT2D eigenvalue weighted by Gasteiger charge is 2.05. The number of carbonyl (C=O) groups excluding carboxylic acids is 2. The van der Waals surface area contributed by atoms with Crippen molar-refractivity contribution < 1.29 is 9.59 Å². The molecule has 8 heteroatoms. The molecular formula is C17H16BrClN2O2S2. The Kier molecular flexibility index (Phi) is 8.67. The van der Waals surface area contributed by atoms with Gasteiger partial charge in [0.25, 0.3) is 0 Å². The summed E-state index contributed by atoms with van der Waals surface area (Å²) < 4.78 is 0.966. The Morgan fingerprint density at radius 2 is 1.28 bits per heavy atom. The van der Waals surface area contributed by atoms with E-state index in [0.717, 1.165) is 15.8 Å². The molecule has 0 bridgehead atoms. The highest BCUT2D eigenvalue weighted by molar-refractivity contribution is 9.10. The number of benzene rings is 2. The van der Waals surface area contributed by atoms with E-state index in [-0.39, 0.29) is 11.8 Å². The van der Waals surface area contributed by atoms with E-state index in [9.17, 15) is 9.59 Å². The van der Waals surface area contributed by atoms with Gasteiger partial charge in [-0.1, -0.05) is 27.5 Å². The molecule has 0 unspecified atom stereocenters. The lowest BCUT2D eigenvalue weighted by Crippen LogP contribution is -2.15. The summed E-state index contributed by atoms with van der Waals surface area (Å²) in [5.74, 6) is 0.553. The number of halogens is 2. The third kappa shape index (κ3) is 8.18. The number of amides is 2. The second-order valence-electron chi connectivity index (χ2n) is 4.92. The number of thioether (sulfide) groups is 2. The van der Waals surface area contributed by atoms with E-state index in [1.54, 1.807) is 24.3 Å². The molecule has 0 fully saturated rings. The second-order valence-corrected chi connectivity index (χ2v) is 8.61. The molecule has 0 spiro atoms. The van der Waals surface area contributed by atoms with Crippen LogP contribution < -0.4 is 10.6 Å². The van der Waals surface area contributed by atoms with Crippen LogP contribution in [0.25, 0.3) is 0 Å². The van der Waals surface area contributed by atoms with E-state index in [4.69, 9.17) is 11.6 Å². The smallest absolute Gasteiger partial charge is 0.234 e. The first-order chi connectivity index (χ1) is 12.0. The van der Waals surface area contributed by atoms with Crippen molar-refractivity contribution in [2.75, 3.05) is 27.2 Å². The lowest BCUT2D eigenvalue weighted by Gasteiger charge is -2.06. The summed E-state index contributed by atoms with van der Waals surface area (Å²) in [7, 11) is 0. The first-order valence-corrected chi connectivity index (χ1v) is 10.8. The summed E-state index contributed by atoms with van der Waals surface area (Å²) in [4.78, 5) is 23.6. The van der Waals surface area contributed by atoms with Gasteiger partial charge < -0.3 is 10.6 Å². The predicted molar refractivity (Wildman–Crippen MR) is 113 cm³/mol. The standard InChI is InChI=1S/C17H16BrClN2O2S2/c18-12-1-5-14(6-2-12)20-16(22)9-24-11-25-10-17(23)21-15-7-3-13(19)4-8-15/h1-8H,9-11H2,(H,20,22)(H,21,23). The highest BCUT2D eigenvalue weighted by Crippen LogP contribution is 2.17. The molecule has 0 aliphatic rings. The number of carbonyl (C=O) groups is 2. The second kappa shape index (κ2) is 10.8. The summed E-state index contributed by atoms with van der Waals surface area (Å²) in [5.41, 5.74) is 1.49. The summed E-state index contributed by atoms with van der Waals surface area (Å²) in [5, 5.41) is 6.92. The van der Waals surface area contributed by atoms with Crippen LogP contribution in [0.4, 0.5) is 11.4 Å². The van der Waals surface area contributed by atoms with E-state index in [0.29, 0.717) is 21.6 Å². The van der Waals surface area contributed by atoms with Crippen molar-refractivity contribution in [2.45, 2.75) is 0 Å². The quantitative estimate of drug-likeness (QED) is 0.426. The Labute approximate surface area is 168 Å². The molecule has 2 rings (SSSR count). The van der Waals surface area contributed by atoms with Gasteiger partial charge >= 0.3 is 0 Å². The van der Waals surface area contributed by atoms with Crippen LogP contribution in [0.3, 0.4) is 0 Å². The van der Waals surface area contributed by atoms with Crippen molar-refractivity contribution in [3.63, 3.8) is 0 Å². The first kappa shape index (κ1) is 20.2. The van der Waals surface area contributed by atoms with E-state index < -0.39 is 0 Å². The fraction of sp³-hybridized carbons (Fsp3) is 0.176. The molecule has 25 heavy (non-hydrogen) atoms. The number of hydrogen-bond donors (Lipinski definition) is 2. The Bertz CT molecular complexity index is 650. The van der Waals surface area contributed by atoms with Gasteiger partial charge in [-0.05, 0) is 48.5 Å². The maximum atomic E-state index is 11.8. The van der Waals surface area contributed by atoms with Gasteiger partial charge in [-0.3, -0.25) is 9.59 Å². The van der Waals surface area contributed by atoms with Gasteiger partial charge in [0.1, 0.15) is 0 Å². The number of hydrogen-bond acceptors (Lipinski definition) is 4.